The highest BCUT2D eigenvalue weighted by Gasteiger charge is 2.23. The highest BCUT2D eigenvalue weighted by molar-refractivity contribution is 9.10. The fourth-order valence-electron chi connectivity index (χ4n) is 3.03. The van der Waals surface area contributed by atoms with Gasteiger partial charge in [0.15, 0.2) is 0 Å². The molecule has 2 aromatic rings. The molecule has 6 heteroatoms. The number of carbonyl (C=O) groups excluding carboxylic acids is 2. The molecule has 130 valence electrons. The first kappa shape index (κ1) is 17.6. The quantitative estimate of drug-likeness (QED) is 0.824. The largest absolute Gasteiger partial charge is 0.324 e. The van der Waals surface area contributed by atoms with Gasteiger partial charge in [0, 0.05) is 28.8 Å². The normalized spacial score (nSPS) is 14.8. The molecule has 2 amide bonds. The molecule has 0 saturated heterocycles. The summed E-state index contributed by atoms with van der Waals surface area (Å²) in [6.07, 6.45) is 1.18. The fourth-order valence-corrected chi connectivity index (χ4v) is 3.29. The predicted octanol–water partition coefficient (Wildman–Crippen LogP) is 3.39. The van der Waals surface area contributed by atoms with Gasteiger partial charge in [-0.25, -0.2) is 0 Å². The summed E-state index contributed by atoms with van der Waals surface area (Å²) in [5.74, 6) is -0.120. The van der Waals surface area contributed by atoms with Gasteiger partial charge in [-0.3, -0.25) is 9.59 Å². The third-order valence-electron chi connectivity index (χ3n) is 4.37. The van der Waals surface area contributed by atoms with E-state index in [4.69, 9.17) is 5.73 Å². The van der Waals surface area contributed by atoms with Gasteiger partial charge < -0.3 is 16.0 Å². The summed E-state index contributed by atoms with van der Waals surface area (Å²) in [6.45, 7) is 2.60. The van der Waals surface area contributed by atoms with Crippen molar-refractivity contribution in [3.8, 4) is 0 Å². The second-order valence-corrected chi connectivity index (χ2v) is 6.92. The van der Waals surface area contributed by atoms with Crippen LogP contribution in [0.5, 0.6) is 0 Å². The second-order valence-electron chi connectivity index (χ2n) is 6.00. The highest BCUT2D eigenvalue weighted by Crippen LogP contribution is 2.30. The summed E-state index contributed by atoms with van der Waals surface area (Å²) in [5.41, 5.74) is 9.49. The lowest BCUT2D eigenvalue weighted by molar-refractivity contribution is -0.119. The summed E-state index contributed by atoms with van der Waals surface area (Å²) < 4.78 is 0.938. The Morgan fingerprint density at radius 3 is 2.64 bits per heavy atom. The molecule has 3 rings (SSSR count). The maximum atomic E-state index is 12.4. The van der Waals surface area contributed by atoms with Crippen LogP contribution in [0.25, 0.3) is 0 Å². The van der Waals surface area contributed by atoms with E-state index in [1.54, 1.807) is 4.90 Å². The van der Waals surface area contributed by atoms with Gasteiger partial charge in [-0.1, -0.05) is 28.1 Å². The number of halogens is 1. The van der Waals surface area contributed by atoms with Gasteiger partial charge in [0.2, 0.25) is 11.8 Å². The van der Waals surface area contributed by atoms with E-state index in [1.807, 2.05) is 49.4 Å². The minimum absolute atomic E-state index is 0.143. The number of rotatable bonds is 4. The van der Waals surface area contributed by atoms with Gasteiger partial charge in [-0.2, -0.15) is 0 Å². The number of nitrogens with zero attached hydrogens (tertiary/aromatic N) is 1. The zero-order chi connectivity index (χ0) is 18.0. The molecule has 5 nitrogen and oxygen atoms in total. The first-order valence-corrected chi connectivity index (χ1v) is 9.04. The van der Waals surface area contributed by atoms with Crippen LogP contribution in [0.2, 0.25) is 0 Å². The van der Waals surface area contributed by atoms with Gasteiger partial charge in [0.25, 0.3) is 0 Å². The van der Waals surface area contributed by atoms with Crippen molar-refractivity contribution >= 4 is 39.1 Å². The third kappa shape index (κ3) is 3.75. The molecule has 1 aliphatic rings. The van der Waals surface area contributed by atoms with Crippen LogP contribution in [-0.2, 0) is 16.0 Å². The van der Waals surface area contributed by atoms with E-state index in [0.29, 0.717) is 25.1 Å². The van der Waals surface area contributed by atoms with Crippen molar-refractivity contribution in [2.75, 3.05) is 16.8 Å². The number of fused-ring (bicyclic) bond motifs is 1. The van der Waals surface area contributed by atoms with Crippen LogP contribution in [0, 0.1) is 0 Å². The van der Waals surface area contributed by atoms with Crippen LogP contribution in [0.4, 0.5) is 11.4 Å². The zero-order valence-corrected chi connectivity index (χ0v) is 15.5. The molecule has 1 atom stereocenters. The molecule has 0 spiro atoms. The number of anilines is 2. The molecule has 0 aromatic heterocycles. The lowest BCUT2D eigenvalue weighted by atomic mass is 10.00. The molecular formula is C19H20BrN3O2. The number of hydrogen-bond donors (Lipinski definition) is 2. The maximum absolute atomic E-state index is 12.4. The van der Waals surface area contributed by atoms with Crippen molar-refractivity contribution < 1.29 is 9.59 Å². The van der Waals surface area contributed by atoms with E-state index >= 15 is 0 Å². The average Bonchev–Trinajstić information content (AvgIpc) is 2.61. The highest BCUT2D eigenvalue weighted by atomic mass is 79.9. The minimum atomic E-state index is -0.738. The molecule has 0 bridgehead atoms. The number of aryl methyl sites for hydroxylation is 1. The number of hydrogen-bond acceptors (Lipinski definition) is 3. The molecule has 0 radical (unpaired) electrons. The van der Waals surface area contributed by atoms with Crippen molar-refractivity contribution in [1.82, 2.24) is 0 Å². The Kier molecular flexibility index (Phi) is 5.20. The Hall–Kier alpha value is -2.18. The number of benzene rings is 2. The van der Waals surface area contributed by atoms with Crippen LogP contribution in [0.3, 0.4) is 0 Å². The van der Waals surface area contributed by atoms with Crippen LogP contribution in [-0.4, -0.2) is 18.4 Å². The summed E-state index contributed by atoms with van der Waals surface area (Å²) in [4.78, 5) is 26.2. The zero-order valence-electron chi connectivity index (χ0n) is 14.0. The van der Waals surface area contributed by atoms with Crippen molar-refractivity contribution in [1.29, 1.82) is 0 Å². The second kappa shape index (κ2) is 7.37. The van der Waals surface area contributed by atoms with Crippen molar-refractivity contribution in [2.24, 2.45) is 5.73 Å². The van der Waals surface area contributed by atoms with Gasteiger partial charge in [0.1, 0.15) is 6.04 Å². The van der Waals surface area contributed by atoms with Crippen molar-refractivity contribution in [3.63, 3.8) is 0 Å². The molecule has 0 saturated carbocycles. The fraction of sp³-hybridized carbons (Fsp3) is 0.263. The number of carbonyl (C=O) groups is 2. The summed E-state index contributed by atoms with van der Waals surface area (Å²) >= 11 is 3.37. The average molecular weight is 402 g/mol. The van der Waals surface area contributed by atoms with Crippen LogP contribution in [0.1, 0.15) is 30.5 Å². The molecule has 2 aromatic carbocycles. The van der Waals surface area contributed by atoms with E-state index in [1.165, 1.54) is 0 Å². The number of nitrogens with one attached hydrogen (secondary N) is 1. The Morgan fingerprint density at radius 1 is 1.24 bits per heavy atom. The van der Waals surface area contributed by atoms with E-state index < -0.39 is 6.04 Å². The van der Waals surface area contributed by atoms with Gasteiger partial charge in [-0.15, -0.1) is 0 Å². The molecule has 1 unspecified atom stereocenters. The Balaban J connectivity index is 1.76. The third-order valence-corrected chi connectivity index (χ3v) is 4.90. The summed E-state index contributed by atoms with van der Waals surface area (Å²) in [6, 6.07) is 12.3. The van der Waals surface area contributed by atoms with E-state index in [0.717, 1.165) is 21.3 Å². The molecule has 1 heterocycles. The molecule has 0 aliphatic carbocycles. The van der Waals surface area contributed by atoms with Crippen LogP contribution in [0.15, 0.2) is 46.9 Å². The Bertz CT molecular complexity index is 805. The van der Waals surface area contributed by atoms with E-state index in [2.05, 4.69) is 21.2 Å². The van der Waals surface area contributed by atoms with Crippen LogP contribution < -0.4 is 16.0 Å². The topological polar surface area (TPSA) is 75.4 Å². The molecular weight excluding hydrogens is 382 g/mol. The number of nitrogens with two attached hydrogens (primary N) is 1. The molecule has 1 aliphatic heterocycles. The number of amides is 2. The molecule has 0 fully saturated rings. The standard InChI is InChI=1S/C19H20BrN3O2/c1-2-23-16-9-8-15(11-13(16)5-10-17(23)24)22-19(25)18(21)12-3-6-14(20)7-4-12/h3-4,6-9,11,18H,2,5,10,21H2,1H3,(H,22,25). The van der Waals surface area contributed by atoms with Gasteiger partial charge in [0.05, 0.1) is 0 Å². The summed E-state index contributed by atoms with van der Waals surface area (Å²) in [7, 11) is 0. The smallest absolute Gasteiger partial charge is 0.245 e. The Labute approximate surface area is 155 Å². The molecule has 3 N–H and O–H groups in total. The predicted molar refractivity (Wildman–Crippen MR) is 102 cm³/mol. The Morgan fingerprint density at radius 2 is 1.96 bits per heavy atom. The lowest BCUT2D eigenvalue weighted by Crippen LogP contribution is -2.34. The lowest BCUT2D eigenvalue weighted by Gasteiger charge is -2.28. The SMILES string of the molecule is CCN1C(=O)CCc2cc(NC(=O)C(N)c3ccc(Br)cc3)ccc21. The summed E-state index contributed by atoms with van der Waals surface area (Å²) in [5, 5.41) is 2.87. The molecule has 25 heavy (non-hydrogen) atoms. The monoisotopic (exact) mass is 401 g/mol. The van der Waals surface area contributed by atoms with E-state index in [-0.39, 0.29) is 11.8 Å². The minimum Gasteiger partial charge on any atom is -0.324 e. The first-order valence-electron chi connectivity index (χ1n) is 8.24. The van der Waals surface area contributed by atoms with Crippen LogP contribution >= 0.6 is 15.9 Å². The van der Waals surface area contributed by atoms with E-state index in [9.17, 15) is 9.59 Å². The maximum Gasteiger partial charge on any atom is 0.245 e. The first-order chi connectivity index (χ1) is 12.0. The van der Waals surface area contributed by atoms with Gasteiger partial charge >= 0.3 is 0 Å². The van der Waals surface area contributed by atoms with Gasteiger partial charge in [-0.05, 0) is 54.8 Å². The van der Waals surface area contributed by atoms with Crippen molar-refractivity contribution in [3.05, 3.63) is 58.1 Å². The van der Waals surface area contributed by atoms with Crippen molar-refractivity contribution in [2.45, 2.75) is 25.8 Å².